The molecule has 0 spiro atoms. The maximum atomic E-state index is 9.25. The molecule has 2 N–H and O–H groups in total. The van der Waals surface area contributed by atoms with Gasteiger partial charge in [-0.1, -0.05) is 51.1 Å². The lowest BCUT2D eigenvalue weighted by Gasteiger charge is -2.18. The van der Waals surface area contributed by atoms with E-state index < -0.39 is 0 Å². The van der Waals surface area contributed by atoms with Gasteiger partial charge in [0.1, 0.15) is 5.01 Å². The summed E-state index contributed by atoms with van der Waals surface area (Å²) in [5, 5.41) is 16.0. The second kappa shape index (κ2) is 7.16. The minimum Gasteiger partial charge on any atom is -0.396 e. The van der Waals surface area contributed by atoms with Crippen LogP contribution in [0.1, 0.15) is 49.5 Å². The first-order chi connectivity index (χ1) is 10.0. The maximum absolute atomic E-state index is 9.25. The smallest absolute Gasteiger partial charge is 0.107 e. The van der Waals surface area contributed by atoms with E-state index in [0.29, 0.717) is 6.42 Å². The van der Waals surface area contributed by atoms with Crippen molar-refractivity contribution in [3.8, 4) is 0 Å². The molecular formula is C17H24N2OS. The zero-order valence-corrected chi connectivity index (χ0v) is 13.8. The Balaban J connectivity index is 2.01. The van der Waals surface area contributed by atoms with Gasteiger partial charge in [0, 0.05) is 30.0 Å². The number of aromatic nitrogens is 1. The highest BCUT2D eigenvalue weighted by Crippen LogP contribution is 2.24. The summed E-state index contributed by atoms with van der Waals surface area (Å²) in [6.07, 6.45) is 0.710. The fourth-order valence-electron chi connectivity index (χ4n) is 2.15. The van der Waals surface area contributed by atoms with Crippen LogP contribution in [0.15, 0.2) is 35.7 Å². The van der Waals surface area contributed by atoms with Crippen LogP contribution in [0.25, 0.3) is 0 Å². The van der Waals surface area contributed by atoms with E-state index in [-0.39, 0.29) is 18.1 Å². The maximum Gasteiger partial charge on any atom is 0.107 e. The molecule has 114 valence electrons. The van der Waals surface area contributed by atoms with Crippen molar-refractivity contribution in [1.29, 1.82) is 0 Å². The van der Waals surface area contributed by atoms with Gasteiger partial charge in [-0.25, -0.2) is 4.98 Å². The minimum absolute atomic E-state index is 0.0959. The third-order valence-corrected chi connectivity index (χ3v) is 4.29. The van der Waals surface area contributed by atoms with E-state index in [1.165, 1.54) is 5.56 Å². The molecule has 21 heavy (non-hydrogen) atoms. The SMILES string of the molecule is CC(C)(C)c1csc(CNC(CCO)c2ccccc2)n1. The molecule has 1 heterocycles. The van der Waals surface area contributed by atoms with Crippen LogP contribution in [0, 0.1) is 0 Å². The van der Waals surface area contributed by atoms with Crippen molar-refractivity contribution in [2.24, 2.45) is 0 Å². The number of rotatable bonds is 6. The molecule has 0 bridgehead atoms. The van der Waals surface area contributed by atoms with E-state index in [1.54, 1.807) is 11.3 Å². The van der Waals surface area contributed by atoms with E-state index >= 15 is 0 Å². The molecule has 0 saturated heterocycles. The normalized spacial score (nSPS) is 13.3. The number of thiazole rings is 1. The molecule has 0 radical (unpaired) electrons. The van der Waals surface area contributed by atoms with E-state index in [2.05, 4.69) is 43.6 Å². The molecule has 0 fully saturated rings. The molecule has 2 aromatic rings. The van der Waals surface area contributed by atoms with Crippen molar-refractivity contribution < 1.29 is 5.11 Å². The topological polar surface area (TPSA) is 45.1 Å². The molecule has 4 heteroatoms. The summed E-state index contributed by atoms with van der Waals surface area (Å²) >= 11 is 1.70. The third kappa shape index (κ3) is 4.63. The first kappa shape index (κ1) is 16.1. The van der Waals surface area contributed by atoms with Gasteiger partial charge in [0.25, 0.3) is 0 Å². The van der Waals surface area contributed by atoms with E-state index in [9.17, 15) is 5.11 Å². The standard InChI is InChI=1S/C17H24N2OS/c1-17(2,3)15-12-21-16(19-15)11-18-14(9-10-20)13-7-5-4-6-8-13/h4-8,12,14,18,20H,9-11H2,1-3H3. The zero-order valence-electron chi connectivity index (χ0n) is 13.0. The highest BCUT2D eigenvalue weighted by Gasteiger charge is 2.18. The number of nitrogens with zero attached hydrogens (tertiary/aromatic N) is 1. The van der Waals surface area contributed by atoms with Gasteiger partial charge in [-0.05, 0) is 12.0 Å². The van der Waals surface area contributed by atoms with E-state index in [0.717, 1.165) is 17.2 Å². The van der Waals surface area contributed by atoms with Crippen LogP contribution in [0.4, 0.5) is 0 Å². The van der Waals surface area contributed by atoms with Crippen LogP contribution in [0.3, 0.4) is 0 Å². The average Bonchev–Trinajstić information content (AvgIpc) is 2.93. The second-order valence-electron chi connectivity index (χ2n) is 6.23. The number of aliphatic hydroxyl groups is 1. The Morgan fingerprint density at radius 3 is 2.52 bits per heavy atom. The molecule has 1 aromatic carbocycles. The van der Waals surface area contributed by atoms with E-state index in [4.69, 9.17) is 4.98 Å². The Morgan fingerprint density at radius 2 is 1.95 bits per heavy atom. The number of aliphatic hydroxyl groups excluding tert-OH is 1. The fraction of sp³-hybridized carbons (Fsp3) is 0.471. The molecule has 1 aromatic heterocycles. The summed E-state index contributed by atoms with van der Waals surface area (Å²) in [6, 6.07) is 10.4. The summed E-state index contributed by atoms with van der Waals surface area (Å²) in [7, 11) is 0. The molecule has 0 saturated carbocycles. The van der Waals surface area contributed by atoms with Crippen molar-refractivity contribution in [2.75, 3.05) is 6.61 Å². The van der Waals surface area contributed by atoms with Crippen LogP contribution in [-0.2, 0) is 12.0 Å². The predicted octanol–water partition coefficient (Wildman–Crippen LogP) is 3.65. The van der Waals surface area contributed by atoms with Gasteiger partial charge in [-0.15, -0.1) is 11.3 Å². The molecule has 3 nitrogen and oxygen atoms in total. The van der Waals surface area contributed by atoms with Crippen LogP contribution in [0.5, 0.6) is 0 Å². The first-order valence-electron chi connectivity index (χ1n) is 7.35. The fourth-order valence-corrected chi connectivity index (χ4v) is 3.12. The molecule has 2 rings (SSSR count). The number of hydrogen-bond donors (Lipinski definition) is 2. The summed E-state index contributed by atoms with van der Waals surface area (Å²) in [5.74, 6) is 0. The second-order valence-corrected chi connectivity index (χ2v) is 7.18. The zero-order chi connectivity index (χ0) is 15.3. The van der Waals surface area contributed by atoms with Crippen molar-refractivity contribution >= 4 is 11.3 Å². The van der Waals surface area contributed by atoms with Crippen molar-refractivity contribution in [3.63, 3.8) is 0 Å². The highest BCUT2D eigenvalue weighted by molar-refractivity contribution is 7.09. The quantitative estimate of drug-likeness (QED) is 0.856. The van der Waals surface area contributed by atoms with Crippen LogP contribution in [-0.4, -0.2) is 16.7 Å². The Morgan fingerprint density at radius 1 is 1.24 bits per heavy atom. The van der Waals surface area contributed by atoms with Crippen LogP contribution in [0.2, 0.25) is 0 Å². The molecule has 1 unspecified atom stereocenters. The molecule has 0 aliphatic carbocycles. The predicted molar refractivity (Wildman–Crippen MR) is 88.5 cm³/mol. The summed E-state index contributed by atoms with van der Waals surface area (Å²) in [5.41, 5.74) is 2.44. The van der Waals surface area contributed by atoms with Crippen molar-refractivity contribution in [2.45, 2.75) is 45.2 Å². The Hall–Kier alpha value is -1.23. The molecule has 0 aliphatic heterocycles. The number of hydrogen-bond acceptors (Lipinski definition) is 4. The molecule has 0 amide bonds. The van der Waals surface area contributed by atoms with Gasteiger partial charge in [-0.3, -0.25) is 0 Å². The third-order valence-electron chi connectivity index (χ3n) is 3.44. The van der Waals surface area contributed by atoms with Gasteiger partial charge in [0.2, 0.25) is 0 Å². The molecule has 0 aliphatic rings. The van der Waals surface area contributed by atoms with Crippen LogP contribution < -0.4 is 5.32 Å². The van der Waals surface area contributed by atoms with Crippen molar-refractivity contribution in [3.05, 3.63) is 52.0 Å². The Bertz CT molecular complexity index is 545. The van der Waals surface area contributed by atoms with Gasteiger partial charge < -0.3 is 10.4 Å². The summed E-state index contributed by atoms with van der Waals surface area (Å²) in [6.45, 7) is 7.45. The first-order valence-corrected chi connectivity index (χ1v) is 8.22. The molecule has 1 atom stereocenters. The largest absolute Gasteiger partial charge is 0.396 e. The Labute approximate surface area is 131 Å². The monoisotopic (exact) mass is 304 g/mol. The van der Waals surface area contributed by atoms with E-state index in [1.807, 2.05) is 18.2 Å². The lowest BCUT2D eigenvalue weighted by atomic mass is 9.93. The van der Waals surface area contributed by atoms with Gasteiger partial charge in [0.05, 0.1) is 5.69 Å². The summed E-state index contributed by atoms with van der Waals surface area (Å²) in [4.78, 5) is 4.70. The van der Waals surface area contributed by atoms with Gasteiger partial charge in [-0.2, -0.15) is 0 Å². The van der Waals surface area contributed by atoms with Gasteiger partial charge in [0.15, 0.2) is 0 Å². The lowest BCUT2D eigenvalue weighted by molar-refractivity contribution is 0.265. The lowest BCUT2D eigenvalue weighted by Crippen LogP contribution is -2.22. The average molecular weight is 304 g/mol. The number of benzene rings is 1. The molecular weight excluding hydrogens is 280 g/mol. The van der Waals surface area contributed by atoms with Crippen LogP contribution >= 0.6 is 11.3 Å². The Kier molecular flexibility index (Phi) is 5.51. The summed E-state index contributed by atoms with van der Waals surface area (Å²) < 4.78 is 0. The van der Waals surface area contributed by atoms with Gasteiger partial charge >= 0.3 is 0 Å². The highest BCUT2D eigenvalue weighted by atomic mass is 32.1. The number of nitrogens with one attached hydrogen (secondary N) is 1. The minimum atomic E-state index is 0.0959. The van der Waals surface area contributed by atoms with Crippen molar-refractivity contribution in [1.82, 2.24) is 10.3 Å².